The van der Waals surface area contributed by atoms with Gasteiger partial charge in [-0.2, -0.15) is 0 Å². The number of nitrogens with zero attached hydrogens (tertiary/aromatic N) is 2. The third kappa shape index (κ3) is 3.48. The largest absolute Gasteiger partial charge is 0.493 e. The first-order valence-electron chi connectivity index (χ1n) is 11.2. The Morgan fingerprint density at radius 3 is 2.69 bits per heavy atom. The van der Waals surface area contributed by atoms with E-state index in [4.69, 9.17) is 26.1 Å². The van der Waals surface area contributed by atoms with Crippen LogP contribution in [-0.2, 0) is 13.0 Å². The molecule has 5 rings (SSSR count). The SMILES string of the molecule is CCOc1c(Cl)cc(-c2nc3ccc4ccccc4c3c3c2CN(CC)CC3)cc1OC. The molecule has 0 saturated carbocycles. The fraction of sp³-hybridized carbons (Fsp3) is 0.296. The fourth-order valence-electron chi connectivity index (χ4n) is 4.82. The molecule has 0 aliphatic carbocycles. The zero-order valence-electron chi connectivity index (χ0n) is 18.7. The van der Waals surface area contributed by atoms with Crippen LogP contribution >= 0.6 is 11.6 Å². The third-order valence-corrected chi connectivity index (χ3v) is 6.67. The van der Waals surface area contributed by atoms with Gasteiger partial charge in [0.1, 0.15) is 0 Å². The van der Waals surface area contributed by atoms with E-state index in [9.17, 15) is 0 Å². The molecule has 3 aromatic carbocycles. The van der Waals surface area contributed by atoms with Crippen molar-refractivity contribution in [2.24, 2.45) is 0 Å². The van der Waals surface area contributed by atoms with Gasteiger partial charge in [0.25, 0.3) is 0 Å². The number of ether oxygens (including phenoxy) is 2. The molecular formula is C27H27ClN2O2. The average Bonchev–Trinajstić information content (AvgIpc) is 2.83. The van der Waals surface area contributed by atoms with E-state index < -0.39 is 0 Å². The van der Waals surface area contributed by atoms with Crippen molar-refractivity contribution in [1.29, 1.82) is 0 Å². The van der Waals surface area contributed by atoms with Gasteiger partial charge in [-0.25, -0.2) is 4.98 Å². The first kappa shape index (κ1) is 21.0. The van der Waals surface area contributed by atoms with E-state index in [1.165, 1.54) is 27.3 Å². The molecule has 4 aromatic rings. The van der Waals surface area contributed by atoms with Crippen LogP contribution in [0, 0.1) is 0 Å². The van der Waals surface area contributed by atoms with Gasteiger partial charge >= 0.3 is 0 Å². The summed E-state index contributed by atoms with van der Waals surface area (Å²) in [6.45, 7) is 7.62. The van der Waals surface area contributed by atoms with E-state index >= 15 is 0 Å². The lowest BCUT2D eigenvalue weighted by Crippen LogP contribution is -2.31. The van der Waals surface area contributed by atoms with Crippen LogP contribution in [0.3, 0.4) is 0 Å². The van der Waals surface area contributed by atoms with Crippen molar-refractivity contribution in [2.75, 3.05) is 26.8 Å². The highest BCUT2D eigenvalue weighted by molar-refractivity contribution is 6.32. The molecule has 4 nitrogen and oxygen atoms in total. The van der Waals surface area contributed by atoms with Crippen molar-refractivity contribution in [3.05, 3.63) is 64.7 Å². The average molecular weight is 447 g/mol. The number of halogens is 1. The topological polar surface area (TPSA) is 34.6 Å². The summed E-state index contributed by atoms with van der Waals surface area (Å²) < 4.78 is 11.4. The fourth-order valence-corrected chi connectivity index (χ4v) is 5.09. The number of pyridine rings is 1. The Balaban J connectivity index is 1.81. The van der Waals surface area contributed by atoms with Gasteiger partial charge in [-0.3, -0.25) is 4.90 Å². The molecule has 0 amide bonds. The highest BCUT2D eigenvalue weighted by atomic mass is 35.5. The number of hydrogen-bond donors (Lipinski definition) is 0. The second-order valence-corrected chi connectivity index (χ2v) is 8.55. The predicted molar refractivity (Wildman–Crippen MR) is 132 cm³/mol. The molecule has 0 fully saturated rings. The lowest BCUT2D eigenvalue weighted by atomic mass is 9.89. The second-order valence-electron chi connectivity index (χ2n) is 8.14. The van der Waals surface area contributed by atoms with Crippen LogP contribution in [0.1, 0.15) is 25.0 Å². The molecule has 1 aromatic heterocycles. The van der Waals surface area contributed by atoms with Crippen molar-refractivity contribution >= 4 is 33.3 Å². The number of likely N-dealkylation sites (N-methyl/N-ethyl adjacent to an activating group) is 1. The number of hydrogen-bond acceptors (Lipinski definition) is 4. The Bertz CT molecular complexity index is 1320. The van der Waals surface area contributed by atoms with Crippen molar-refractivity contribution in [1.82, 2.24) is 9.88 Å². The number of methoxy groups -OCH3 is 1. The molecule has 1 aliphatic rings. The molecular weight excluding hydrogens is 420 g/mol. The van der Waals surface area contributed by atoms with Crippen molar-refractivity contribution in [3.8, 4) is 22.8 Å². The van der Waals surface area contributed by atoms with Gasteiger partial charge in [0, 0.05) is 24.0 Å². The van der Waals surface area contributed by atoms with E-state index in [1.807, 2.05) is 19.1 Å². The molecule has 0 saturated heterocycles. The number of rotatable bonds is 5. The standard InChI is InChI=1S/C27H27ClN2O2/c1-4-30-13-12-20-21(16-30)26(18-14-22(28)27(32-5-2)24(15-18)31-3)29-23-11-10-17-8-6-7-9-19(17)25(20)23/h6-11,14-15H,4-5,12-13,16H2,1-3H3. The first-order valence-corrected chi connectivity index (χ1v) is 11.6. The summed E-state index contributed by atoms with van der Waals surface area (Å²) in [6.07, 6.45) is 1.01. The molecule has 1 aliphatic heterocycles. The lowest BCUT2D eigenvalue weighted by Gasteiger charge is -2.30. The molecule has 0 unspecified atom stereocenters. The molecule has 5 heteroatoms. The minimum Gasteiger partial charge on any atom is -0.493 e. The van der Waals surface area contributed by atoms with Crippen LogP contribution in [0.25, 0.3) is 32.9 Å². The normalized spacial score (nSPS) is 14.0. The zero-order valence-corrected chi connectivity index (χ0v) is 19.5. The van der Waals surface area contributed by atoms with E-state index in [-0.39, 0.29) is 0 Å². The smallest absolute Gasteiger partial charge is 0.179 e. The van der Waals surface area contributed by atoms with E-state index in [1.54, 1.807) is 7.11 Å². The van der Waals surface area contributed by atoms with Crippen LogP contribution in [0.15, 0.2) is 48.5 Å². The number of fused-ring (bicyclic) bond motifs is 5. The molecule has 0 atom stereocenters. The number of benzene rings is 3. The highest BCUT2D eigenvalue weighted by Crippen LogP contribution is 2.42. The quantitative estimate of drug-likeness (QED) is 0.328. The summed E-state index contributed by atoms with van der Waals surface area (Å²) in [4.78, 5) is 7.66. The zero-order chi connectivity index (χ0) is 22.2. The van der Waals surface area contributed by atoms with Crippen LogP contribution in [0.2, 0.25) is 5.02 Å². The highest BCUT2D eigenvalue weighted by Gasteiger charge is 2.25. The van der Waals surface area contributed by atoms with Crippen LogP contribution in [-0.4, -0.2) is 36.7 Å². The summed E-state index contributed by atoms with van der Waals surface area (Å²) in [6, 6.07) is 16.8. The van der Waals surface area contributed by atoms with Crippen molar-refractivity contribution in [3.63, 3.8) is 0 Å². The Hall–Kier alpha value is -2.82. The van der Waals surface area contributed by atoms with Crippen LogP contribution < -0.4 is 9.47 Å². The summed E-state index contributed by atoms with van der Waals surface area (Å²) in [5, 5.41) is 4.34. The van der Waals surface area contributed by atoms with E-state index in [0.29, 0.717) is 23.1 Å². The summed E-state index contributed by atoms with van der Waals surface area (Å²) in [5.41, 5.74) is 5.63. The molecule has 2 heterocycles. The van der Waals surface area contributed by atoms with Crippen molar-refractivity contribution < 1.29 is 9.47 Å². The summed E-state index contributed by atoms with van der Waals surface area (Å²) in [5.74, 6) is 1.21. The predicted octanol–water partition coefficient (Wildman–Crippen LogP) is 6.49. The van der Waals surface area contributed by atoms with Crippen LogP contribution in [0.5, 0.6) is 11.5 Å². The van der Waals surface area contributed by atoms with Gasteiger partial charge in [0.2, 0.25) is 0 Å². The lowest BCUT2D eigenvalue weighted by molar-refractivity contribution is 0.269. The minimum absolute atomic E-state index is 0.525. The summed E-state index contributed by atoms with van der Waals surface area (Å²) >= 11 is 6.63. The van der Waals surface area contributed by atoms with E-state index in [2.05, 4.69) is 48.2 Å². The van der Waals surface area contributed by atoms with Gasteiger partial charge < -0.3 is 9.47 Å². The summed E-state index contributed by atoms with van der Waals surface area (Å²) in [7, 11) is 1.65. The van der Waals surface area contributed by atoms with Gasteiger partial charge in [0.15, 0.2) is 11.5 Å². The second kappa shape index (κ2) is 8.61. The van der Waals surface area contributed by atoms with Crippen molar-refractivity contribution in [2.45, 2.75) is 26.8 Å². The first-order chi connectivity index (χ1) is 15.6. The Morgan fingerprint density at radius 2 is 1.91 bits per heavy atom. The third-order valence-electron chi connectivity index (χ3n) is 6.39. The monoisotopic (exact) mass is 446 g/mol. The molecule has 32 heavy (non-hydrogen) atoms. The van der Waals surface area contributed by atoms with Crippen LogP contribution in [0.4, 0.5) is 0 Å². The van der Waals surface area contributed by atoms with E-state index in [0.717, 1.165) is 42.8 Å². The molecule has 0 spiro atoms. The van der Waals surface area contributed by atoms with Gasteiger partial charge in [0.05, 0.1) is 29.9 Å². The van der Waals surface area contributed by atoms with Gasteiger partial charge in [-0.15, -0.1) is 0 Å². The van der Waals surface area contributed by atoms with Gasteiger partial charge in [-0.05, 0) is 60.0 Å². The molecule has 0 N–H and O–H groups in total. The number of aromatic nitrogens is 1. The van der Waals surface area contributed by atoms with Gasteiger partial charge in [-0.1, -0.05) is 48.9 Å². The molecule has 0 bridgehead atoms. The maximum absolute atomic E-state index is 6.63. The maximum Gasteiger partial charge on any atom is 0.179 e. The Kier molecular flexibility index (Phi) is 5.66. The minimum atomic E-state index is 0.525. The maximum atomic E-state index is 6.63. The Morgan fingerprint density at radius 1 is 1.06 bits per heavy atom. The molecule has 0 radical (unpaired) electrons. The molecule has 164 valence electrons. The Labute approximate surface area is 193 Å².